The number of oxazole rings is 1. The van der Waals surface area contributed by atoms with Crippen molar-refractivity contribution in [2.75, 3.05) is 6.26 Å². The van der Waals surface area contributed by atoms with E-state index >= 15 is 0 Å². The summed E-state index contributed by atoms with van der Waals surface area (Å²) in [6.45, 7) is 2.13. The van der Waals surface area contributed by atoms with E-state index in [1.165, 1.54) is 6.26 Å². The summed E-state index contributed by atoms with van der Waals surface area (Å²) in [6, 6.07) is 16.6. The van der Waals surface area contributed by atoms with Crippen LogP contribution in [0.3, 0.4) is 0 Å². The largest absolute Gasteiger partial charge is 0.440 e. The number of nitrogens with zero attached hydrogens (tertiary/aromatic N) is 1. The third-order valence-electron chi connectivity index (χ3n) is 4.01. The van der Waals surface area contributed by atoms with Gasteiger partial charge in [-0.1, -0.05) is 55.8 Å². The van der Waals surface area contributed by atoms with E-state index in [-0.39, 0.29) is 0 Å². The Kier molecular flexibility index (Phi) is 5.04. The van der Waals surface area contributed by atoms with Crippen LogP contribution < -0.4 is 0 Å². The molecule has 0 atom stereocenters. The van der Waals surface area contributed by atoms with Gasteiger partial charge in [0.15, 0.2) is 21.5 Å². The second kappa shape index (κ2) is 7.23. The molecule has 0 spiro atoms. The van der Waals surface area contributed by atoms with E-state index in [9.17, 15) is 8.42 Å². The molecule has 0 fully saturated rings. The van der Waals surface area contributed by atoms with E-state index in [0.29, 0.717) is 10.8 Å². The molecule has 3 rings (SSSR count). The van der Waals surface area contributed by atoms with Crippen LogP contribution in [0.5, 0.6) is 0 Å². The molecule has 0 saturated heterocycles. The number of rotatable bonds is 6. The second-order valence-electron chi connectivity index (χ2n) is 6.05. The third kappa shape index (κ3) is 3.99. The molecule has 0 unspecified atom stereocenters. The maximum absolute atomic E-state index is 11.7. The highest BCUT2D eigenvalue weighted by Crippen LogP contribution is 2.33. The predicted octanol–water partition coefficient (Wildman–Crippen LogP) is 4.75. The highest BCUT2D eigenvalue weighted by molar-refractivity contribution is 7.90. The van der Waals surface area contributed by atoms with Crippen LogP contribution in [0.4, 0.5) is 0 Å². The van der Waals surface area contributed by atoms with E-state index in [0.717, 1.165) is 41.8 Å². The van der Waals surface area contributed by atoms with Crippen molar-refractivity contribution in [3.8, 4) is 22.6 Å². The maximum Gasteiger partial charge on any atom is 0.195 e. The molecule has 0 N–H and O–H groups in total. The fourth-order valence-corrected chi connectivity index (χ4v) is 3.27. The summed E-state index contributed by atoms with van der Waals surface area (Å²) in [7, 11) is -3.21. The van der Waals surface area contributed by atoms with Crippen molar-refractivity contribution in [2.45, 2.75) is 31.1 Å². The van der Waals surface area contributed by atoms with Crippen LogP contribution in [-0.4, -0.2) is 19.7 Å². The van der Waals surface area contributed by atoms with Crippen molar-refractivity contribution in [3.63, 3.8) is 0 Å². The number of benzene rings is 2. The third-order valence-corrected chi connectivity index (χ3v) is 5.14. The molecule has 0 aliphatic heterocycles. The summed E-state index contributed by atoms with van der Waals surface area (Å²) >= 11 is 0. The van der Waals surface area contributed by atoms with E-state index in [1.807, 2.05) is 30.3 Å². The van der Waals surface area contributed by atoms with Crippen LogP contribution in [0, 0.1) is 0 Å². The van der Waals surface area contributed by atoms with E-state index in [4.69, 9.17) is 4.42 Å². The molecule has 0 radical (unpaired) electrons. The summed E-state index contributed by atoms with van der Waals surface area (Å²) in [4.78, 5) is 4.97. The molecule has 5 heteroatoms. The molecular weight excluding hydrogens is 334 g/mol. The molecule has 130 valence electrons. The number of sulfone groups is 1. The molecule has 0 saturated carbocycles. The molecule has 0 aliphatic rings. The van der Waals surface area contributed by atoms with Crippen molar-refractivity contribution in [1.29, 1.82) is 0 Å². The van der Waals surface area contributed by atoms with Crippen LogP contribution in [0.1, 0.15) is 25.7 Å². The van der Waals surface area contributed by atoms with Gasteiger partial charge in [-0.2, -0.15) is 0 Å². The lowest BCUT2D eigenvalue weighted by Gasteiger charge is -2.03. The zero-order valence-electron chi connectivity index (χ0n) is 14.4. The van der Waals surface area contributed by atoms with E-state index in [1.54, 1.807) is 24.3 Å². The van der Waals surface area contributed by atoms with Gasteiger partial charge in [0.05, 0.1) is 4.90 Å². The number of unbranched alkanes of at least 4 members (excludes halogenated alkanes) is 1. The summed E-state index contributed by atoms with van der Waals surface area (Å²) in [5.41, 5.74) is 2.55. The van der Waals surface area contributed by atoms with Gasteiger partial charge in [0.2, 0.25) is 0 Å². The highest BCUT2D eigenvalue weighted by Gasteiger charge is 2.17. The van der Waals surface area contributed by atoms with Crippen molar-refractivity contribution in [3.05, 3.63) is 60.5 Å². The minimum Gasteiger partial charge on any atom is -0.440 e. The smallest absolute Gasteiger partial charge is 0.195 e. The Balaban J connectivity index is 2.06. The number of hydrogen-bond acceptors (Lipinski definition) is 4. The first-order chi connectivity index (χ1) is 12.0. The molecule has 25 heavy (non-hydrogen) atoms. The lowest BCUT2D eigenvalue weighted by atomic mass is 10.1. The Labute approximate surface area is 148 Å². The molecule has 0 bridgehead atoms. The van der Waals surface area contributed by atoms with E-state index in [2.05, 4.69) is 11.9 Å². The Hall–Kier alpha value is -2.40. The Morgan fingerprint density at radius 1 is 0.960 bits per heavy atom. The number of aryl methyl sites for hydroxylation is 1. The molecule has 3 aromatic rings. The Morgan fingerprint density at radius 2 is 1.64 bits per heavy atom. The van der Waals surface area contributed by atoms with Crippen LogP contribution in [0.15, 0.2) is 63.9 Å². The fraction of sp³-hybridized carbons (Fsp3) is 0.250. The standard InChI is InChI=1S/C20H21NO3S/c1-3-4-10-18-21-19(20(24-18)16-8-6-5-7-9-16)15-11-13-17(14-12-15)25(2,22)23/h5-9,11-14H,3-4,10H2,1-2H3. The average Bonchev–Trinajstić information content (AvgIpc) is 3.04. The molecule has 1 heterocycles. The van der Waals surface area contributed by atoms with Crippen molar-refractivity contribution in [1.82, 2.24) is 4.98 Å². The zero-order chi connectivity index (χ0) is 17.9. The van der Waals surface area contributed by atoms with Crippen molar-refractivity contribution in [2.24, 2.45) is 0 Å². The average molecular weight is 355 g/mol. The van der Waals surface area contributed by atoms with E-state index < -0.39 is 9.84 Å². The molecule has 1 aromatic heterocycles. The molecular formula is C20H21NO3S. The quantitative estimate of drug-likeness (QED) is 0.640. The SMILES string of the molecule is CCCCc1nc(-c2ccc(S(C)(=O)=O)cc2)c(-c2ccccc2)o1. The topological polar surface area (TPSA) is 60.2 Å². The molecule has 4 nitrogen and oxygen atoms in total. The Bertz CT molecular complexity index is 942. The highest BCUT2D eigenvalue weighted by atomic mass is 32.2. The lowest BCUT2D eigenvalue weighted by Crippen LogP contribution is -1.96. The van der Waals surface area contributed by atoms with Gasteiger partial charge >= 0.3 is 0 Å². The van der Waals surface area contributed by atoms with Gasteiger partial charge in [-0.05, 0) is 18.6 Å². The molecule has 0 amide bonds. The van der Waals surface area contributed by atoms with Crippen molar-refractivity contribution < 1.29 is 12.8 Å². The second-order valence-corrected chi connectivity index (χ2v) is 8.07. The number of hydrogen-bond donors (Lipinski definition) is 0. The first-order valence-corrected chi connectivity index (χ1v) is 10.2. The first kappa shape index (κ1) is 17.4. The lowest BCUT2D eigenvalue weighted by molar-refractivity contribution is 0.496. The van der Waals surface area contributed by atoms with Crippen LogP contribution >= 0.6 is 0 Å². The van der Waals surface area contributed by atoms with Gasteiger partial charge in [0.25, 0.3) is 0 Å². The van der Waals surface area contributed by atoms with Crippen LogP contribution in [0.2, 0.25) is 0 Å². The van der Waals surface area contributed by atoms with Gasteiger partial charge in [0, 0.05) is 23.8 Å². The summed E-state index contributed by atoms with van der Waals surface area (Å²) in [6.07, 6.45) is 4.08. The number of aromatic nitrogens is 1. The fourth-order valence-electron chi connectivity index (χ4n) is 2.64. The van der Waals surface area contributed by atoms with Gasteiger partial charge in [-0.25, -0.2) is 13.4 Å². The molecule has 2 aromatic carbocycles. The summed E-state index contributed by atoms with van der Waals surface area (Å²) in [5.74, 6) is 1.43. The Morgan fingerprint density at radius 3 is 2.24 bits per heavy atom. The van der Waals surface area contributed by atoms with Crippen molar-refractivity contribution >= 4 is 9.84 Å². The summed E-state index contributed by atoms with van der Waals surface area (Å²) in [5, 5.41) is 0. The first-order valence-electron chi connectivity index (χ1n) is 8.34. The van der Waals surface area contributed by atoms with Crippen LogP contribution in [-0.2, 0) is 16.3 Å². The minimum atomic E-state index is -3.21. The van der Waals surface area contributed by atoms with Gasteiger partial charge in [-0.3, -0.25) is 0 Å². The van der Waals surface area contributed by atoms with Gasteiger partial charge < -0.3 is 4.42 Å². The minimum absolute atomic E-state index is 0.298. The maximum atomic E-state index is 11.7. The van der Waals surface area contributed by atoms with Gasteiger partial charge in [0.1, 0.15) is 5.69 Å². The summed E-state index contributed by atoms with van der Waals surface area (Å²) < 4.78 is 29.3. The van der Waals surface area contributed by atoms with Crippen LogP contribution in [0.25, 0.3) is 22.6 Å². The molecule has 0 aliphatic carbocycles. The van der Waals surface area contributed by atoms with Gasteiger partial charge in [-0.15, -0.1) is 0 Å². The normalized spacial score (nSPS) is 11.6. The predicted molar refractivity (Wildman–Crippen MR) is 99.1 cm³/mol. The monoisotopic (exact) mass is 355 g/mol. The zero-order valence-corrected chi connectivity index (χ0v) is 15.2.